The van der Waals surface area contributed by atoms with Gasteiger partial charge in [-0.3, -0.25) is 4.79 Å². The van der Waals surface area contributed by atoms with E-state index in [1.807, 2.05) is 0 Å². The summed E-state index contributed by atoms with van der Waals surface area (Å²) in [5.74, 6) is 0.336. The monoisotopic (exact) mass is 242 g/mol. The lowest BCUT2D eigenvalue weighted by atomic mass is 9.80. The number of rotatable bonds is 5. The first-order valence-corrected chi connectivity index (χ1v) is 6.33. The fourth-order valence-electron chi connectivity index (χ4n) is 2.27. The molecule has 0 aromatic rings. The van der Waals surface area contributed by atoms with Gasteiger partial charge in [0, 0.05) is 13.1 Å². The molecule has 5 nitrogen and oxygen atoms in total. The van der Waals surface area contributed by atoms with Gasteiger partial charge in [0.15, 0.2) is 0 Å². The van der Waals surface area contributed by atoms with Crippen LogP contribution in [0, 0.1) is 11.8 Å². The average molecular weight is 242 g/mol. The maximum Gasteiger partial charge on any atom is 0.314 e. The van der Waals surface area contributed by atoms with Crippen LogP contribution in [0.3, 0.4) is 0 Å². The quantitative estimate of drug-likeness (QED) is 0.685. The van der Waals surface area contributed by atoms with Crippen LogP contribution in [0.4, 0.5) is 4.79 Å². The van der Waals surface area contributed by atoms with E-state index in [0.29, 0.717) is 18.4 Å². The number of urea groups is 1. The Morgan fingerprint density at radius 3 is 2.59 bits per heavy atom. The summed E-state index contributed by atoms with van der Waals surface area (Å²) in [4.78, 5) is 21.6. The Kier molecular flexibility index (Phi) is 5.80. The van der Waals surface area contributed by atoms with Crippen LogP contribution in [0.1, 0.15) is 39.0 Å². The summed E-state index contributed by atoms with van der Waals surface area (Å²) < 4.78 is 0. The maximum absolute atomic E-state index is 11.4. The molecular weight excluding hydrogens is 220 g/mol. The van der Waals surface area contributed by atoms with Crippen molar-refractivity contribution in [1.29, 1.82) is 0 Å². The Morgan fingerprint density at radius 2 is 1.94 bits per heavy atom. The molecule has 0 spiro atoms. The molecule has 1 aliphatic carbocycles. The molecule has 0 bridgehead atoms. The number of hydrogen-bond acceptors (Lipinski definition) is 2. The highest BCUT2D eigenvalue weighted by Crippen LogP contribution is 2.28. The number of amides is 2. The summed E-state index contributed by atoms with van der Waals surface area (Å²) >= 11 is 0. The molecule has 5 heteroatoms. The highest BCUT2D eigenvalue weighted by molar-refractivity contribution is 5.74. The van der Waals surface area contributed by atoms with Crippen molar-refractivity contribution in [3.8, 4) is 0 Å². The van der Waals surface area contributed by atoms with E-state index in [0.717, 1.165) is 0 Å². The summed E-state index contributed by atoms with van der Waals surface area (Å²) in [7, 11) is 0. The fourth-order valence-corrected chi connectivity index (χ4v) is 2.27. The van der Waals surface area contributed by atoms with Crippen molar-refractivity contribution < 1.29 is 14.7 Å². The molecule has 1 fully saturated rings. The van der Waals surface area contributed by atoms with Gasteiger partial charge in [-0.1, -0.05) is 26.2 Å². The largest absolute Gasteiger partial charge is 0.481 e. The maximum atomic E-state index is 11.4. The number of nitrogens with one attached hydrogen (secondary N) is 2. The van der Waals surface area contributed by atoms with E-state index >= 15 is 0 Å². The lowest BCUT2D eigenvalue weighted by Crippen LogP contribution is -2.40. The van der Waals surface area contributed by atoms with Crippen molar-refractivity contribution >= 4 is 12.0 Å². The normalized spacial score (nSPS) is 24.1. The van der Waals surface area contributed by atoms with Gasteiger partial charge in [-0.05, 0) is 18.3 Å². The lowest BCUT2D eigenvalue weighted by Gasteiger charge is -2.28. The first-order chi connectivity index (χ1) is 8.09. The molecule has 0 saturated heterocycles. The van der Waals surface area contributed by atoms with Crippen LogP contribution in [-0.2, 0) is 4.79 Å². The average Bonchev–Trinajstić information content (AvgIpc) is 2.27. The van der Waals surface area contributed by atoms with Crippen LogP contribution in [0.2, 0.25) is 0 Å². The first kappa shape index (κ1) is 13.8. The molecule has 0 aromatic carbocycles. The second kappa shape index (κ2) is 7.14. The molecule has 1 saturated carbocycles. The molecule has 0 aromatic heterocycles. The third-order valence-electron chi connectivity index (χ3n) is 3.44. The number of aliphatic carboxylic acids is 1. The molecule has 0 heterocycles. The predicted octanol–water partition coefficient (Wildman–Crippen LogP) is 1.59. The second-order valence-electron chi connectivity index (χ2n) is 4.80. The molecular formula is C12H22N2O3. The Hall–Kier alpha value is -1.26. The topological polar surface area (TPSA) is 78.4 Å². The van der Waals surface area contributed by atoms with Gasteiger partial charge in [-0.25, -0.2) is 4.79 Å². The van der Waals surface area contributed by atoms with E-state index in [-0.39, 0.29) is 19.0 Å². The highest BCUT2D eigenvalue weighted by Gasteiger charge is 2.21. The van der Waals surface area contributed by atoms with Gasteiger partial charge in [-0.2, -0.15) is 0 Å². The smallest absolute Gasteiger partial charge is 0.314 e. The predicted molar refractivity (Wildman–Crippen MR) is 64.8 cm³/mol. The van der Waals surface area contributed by atoms with E-state index < -0.39 is 5.97 Å². The minimum absolute atomic E-state index is 0.0345. The highest BCUT2D eigenvalue weighted by atomic mass is 16.4. The van der Waals surface area contributed by atoms with E-state index in [1.165, 1.54) is 25.7 Å². The molecule has 2 amide bonds. The summed E-state index contributed by atoms with van der Waals surface area (Å²) in [6.07, 6.45) is 4.93. The molecule has 2 atom stereocenters. The van der Waals surface area contributed by atoms with Gasteiger partial charge in [0.25, 0.3) is 0 Å². The molecule has 2 unspecified atom stereocenters. The molecule has 17 heavy (non-hydrogen) atoms. The van der Waals surface area contributed by atoms with Gasteiger partial charge >= 0.3 is 12.0 Å². The van der Waals surface area contributed by atoms with Crippen LogP contribution in [-0.4, -0.2) is 30.2 Å². The van der Waals surface area contributed by atoms with Crippen molar-refractivity contribution in [2.75, 3.05) is 13.1 Å². The molecule has 0 aliphatic heterocycles. The number of carboxylic acid groups (broad SMARTS) is 1. The van der Waals surface area contributed by atoms with E-state index in [9.17, 15) is 9.59 Å². The summed E-state index contributed by atoms with van der Waals surface area (Å²) in [6.45, 7) is 3.11. The van der Waals surface area contributed by atoms with Crippen LogP contribution in [0.15, 0.2) is 0 Å². The van der Waals surface area contributed by atoms with Gasteiger partial charge < -0.3 is 15.7 Å². The zero-order chi connectivity index (χ0) is 12.7. The second-order valence-corrected chi connectivity index (χ2v) is 4.80. The van der Waals surface area contributed by atoms with Crippen molar-refractivity contribution in [3.63, 3.8) is 0 Å². The molecule has 3 N–H and O–H groups in total. The molecule has 98 valence electrons. The van der Waals surface area contributed by atoms with Gasteiger partial charge in [0.1, 0.15) is 0 Å². The fraction of sp³-hybridized carbons (Fsp3) is 0.833. The van der Waals surface area contributed by atoms with Crippen LogP contribution in [0.25, 0.3) is 0 Å². The van der Waals surface area contributed by atoms with Gasteiger partial charge in [-0.15, -0.1) is 0 Å². The number of carboxylic acids is 1. The Balaban J connectivity index is 2.12. The molecule has 0 radical (unpaired) electrons. The summed E-state index contributed by atoms with van der Waals surface area (Å²) in [5.41, 5.74) is 0. The Morgan fingerprint density at radius 1 is 1.24 bits per heavy atom. The number of carbonyl (C=O) groups is 2. The third kappa shape index (κ3) is 5.56. The minimum Gasteiger partial charge on any atom is -0.481 e. The Bertz CT molecular complexity index is 268. The van der Waals surface area contributed by atoms with E-state index in [2.05, 4.69) is 17.6 Å². The lowest BCUT2D eigenvalue weighted by molar-refractivity contribution is -0.136. The standard InChI is InChI=1S/C12H22N2O3/c1-9-4-2-3-5-10(9)8-14-12(17)13-7-6-11(15)16/h9-10H,2-8H2,1H3,(H,15,16)(H2,13,14,17). The van der Waals surface area contributed by atoms with Crippen molar-refractivity contribution in [2.45, 2.75) is 39.0 Å². The Labute approximate surface area is 102 Å². The molecule has 1 rings (SSSR count). The SMILES string of the molecule is CC1CCCCC1CNC(=O)NCCC(=O)O. The van der Waals surface area contributed by atoms with Crippen LogP contribution >= 0.6 is 0 Å². The first-order valence-electron chi connectivity index (χ1n) is 6.33. The minimum atomic E-state index is -0.897. The molecule has 1 aliphatic rings. The van der Waals surface area contributed by atoms with E-state index in [1.54, 1.807) is 0 Å². The third-order valence-corrected chi connectivity index (χ3v) is 3.44. The van der Waals surface area contributed by atoms with Crippen LogP contribution in [0.5, 0.6) is 0 Å². The number of carbonyl (C=O) groups excluding carboxylic acids is 1. The van der Waals surface area contributed by atoms with Crippen molar-refractivity contribution in [3.05, 3.63) is 0 Å². The summed E-state index contributed by atoms with van der Waals surface area (Å²) in [5, 5.41) is 13.8. The van der Waals surface area contributed by atoms with Crippen molar-refractivity contribution in [1.82, 2.24) is 10.6 Å². The number of hydrogen-bond donors (Lipinski definition) is 3. The zero-order valence-corrected chi connectivity index (χ0v) is 10.4. The zero-order valence-electron chi connectivity index (χ0n) is 10.4. The summed E-state index contributed by atoms with van der Waals surface area (Å²) in [6, 6.07) is -0.260. The van der Waals surface area contributed by atoms with Gasteiger partial charge in [0.2, 0.25) is 0 Å². The van der Waals surface area contributed by atoms with E-state index in [4.69, 9.17) is 5.11 Å². The van der Waals surface area contributed by atoms with Gasteiger partial charge in [0.05, 0.1) is 6.42 Å². The van der Waals surface area contributed by atoms with Crippen LogP contribution < -0.4 is 10.6 Å². The van der Waals surface area contributed by atoms with Crippen molar-refractivity contribution in [2.24, 2.45) is 11.8 Å².